The predicted octanol–water partition coefficient (Wildman–Crippen LogP) is 5.10. The Morgan fingerprint density at radius 1 is 1.12 bits per heavy atom. The highest BCUT2D eigenvalue weighted by molar-refractivity contribution is 6.31. The molecule has 0 spiro atoms. The first-order valence-electron chi connectivity index (χ1n) is 7.50. The summed E-state index contributed by atoms with van der Waals surface area (Å²) in [5.41, 5.74) is 3.30. The monoisotopic (exact) mass is 337 g/mol. The summed E-state index contributed by atoms with van der Waals surface area (Å²) in [6, 6.07) is 14.9. The molecule has 3 rings (SSSR count). The number of halogens is 1. The fraction of sp³-hybridized carbons (Fsp3) is 0.100. The van der Waals surface area contributed by atoms with Crippen LogP contribution in [0.1, 0.15) is 21.5 Å². The molecule has 0 aliphatic rings. The number of ether oxygens (including phenoxy) is 1. The third kappa shape index (κ3) is 3.47. The molecule has 24 heavy (non-hydrogen) atoms. The standard InChI is InChI=1S/C20H16ClNO2/c1-13-3-9-18-16(11-13)12-15(20(21)22-18)6-10-19(23)14-4-7-17(24-2)8-5-14/h3-12H,1-2H3/b10-6+. The molecule has 0 saturated carbocycles. The third-order valence-electron chi connectivity index (χ3n) is 3.74. The number of carbonyl (C=O) groups excluding carboxylic acids is 1. The van der Waals surface area contributed by atoms with Crippen molar-refractivity contribution in [2.45, 2.75) is 6.92 Å². The van der Waals surface area contributed by atoms with Crippen LogP contribution in [-0.4, -0.2) is 17.9 Å². The van der Waals surface area contributed by atoms with Gasteiger partial charge in [-0.25, -0.2) is 4.98 Å². The number of methoxy groups -OCH3 is 1. The van der Waals surface area contributed by atoms with Gasteiger partial charge in [-0.2, -0.15) is 0 Å². The van der Waals surface area contributed by atoms with Crippen molar-refractivity contribution < 1.29 is 9.53 Å². The molecule has 0 aliphatic carbocycles. The lowest BCUT2D eigenvalue weighted by molar-refractivity contribution is 0.104. The minimum atomic E-state index is -0.0990. The van der Waals surface area contributed by atoms with Crippen molar-refractivity contribution in [2.75, 3.05) is 7.11 Å². The van der Waals surface area contributed by atoms with Crippen LogP contribution in [-0.2, 0) is 0 Å². The van der Waals surface area contributed by atoms with Gasteiger partial charge in [0.2, 0.25) is 0 Å². The second-order valence-corrected chi connectivity index (χ2v) is 5.85. The number of allylic oxidation sites excluding steroid dienone is 1. The number of pyridine rings is 1. The van der Waals surface area contributed by atoms with Crippen molar-refractivity contribution in [2.24, 2.45) is 0 Å². The van der Waals surface area contributed by atoms with Crippen LogP contribution in [0.15, 0.2) is 54.6 Å². The van der Waals surface area contributed by atoms with E-state index in [4.69, 9.17) is 16.3 Å². The maximum absolute atomic E-state index is 12.3. The lowest BCUT2D eigenvalue weighted by Crippen LogP contribution is -1.94. The van der Waals surface area contributed by atoms with Gasteiger partial charge < -0.3 is 4.74 Å². The number of hydrogen-bond donors (Lipinski definition) is 0. The molecule has 0 fully saturated rings. The van der Waals surface area contributed by atoms with Crippen molar-refractivity contribution in [1.29, 1.82) is 0 Å². The molecule has 0 unspecified atom stereocenters. The Kier molecular flexibility index (Phi) is 4.63. The maximum Gasteiger partial charge on any atom is 0.185 e. The zero-order valence-electron chi connectivity index (χ0n) is 13.4. The van der Waals surface area contributed by atoms with E-state index < -0.39 is 0 Å². The second kappa shape index (κ2) is 6.85. The van der Waals surface area contributed by atoms with Gasteiger partial charge in [-0.15, -0.1) is 0 Å². The Hall–Kier alpha value is -2.65. The van der Waals surface area contributed by atoms with Crippen LogP contribution < -0.4 is 4.74 Å². The lowest BCUT2D eigenvalue weighted by Gasteiger charge is -2.03. The van der Waals surface area contributed by atoms with E-state index in [1.165, 1.54) is 6.08 Å². The SMILES string of the molecule is COc1ccc(C(=O)/C=C/c2cc3cc(C)ccc3nc2Cl)cc1. The van der Waals surface area contributed by atoms with E-state index in [1.54, 1.807) is 37.5 Å². The predicted molar refractivity (Wildman–Crippen MR) is 97.8 cm³/mol. The number of aryl methyl sites for hydroxylation is 1. The number of nitrogens with zero attached hydrogens (tertiary/aromatic N) is 1. The average molecular weight is 338 g/mol. The number of benzene rings is 2. The molecule has 3 nitrogen and oxygen atoms in total. The Morgan fingerprint density at radius 3 is 2.58 bits per heavy atom. The molecule has 0 aliphatic heterocycles. The fourth-order valence-corrected chi connectivity index (χ4v) is 2.63. The van der Waals surface area contributed by atoms with Crippen molar-refractivity contribution >= 4 is 34.4 Å². The second-order valence-electron chi connectivity index (χ2n) is 5.49. The molecule has 4 heteroatoms. The topological polar surface area (TPSA) is 39.2 Å². The molecule has 1 aromatic heterocycles. The minimum Gasteiger partial charge on any atom is -0.497 e. The summed E-state index contributed by atoms with van der Waals surface area (Å²) in [4.78, 5) is 16.6. The van der Waals surface area contributed by atoms with Gasteiger partial charge in [0, 0.05) is 16.5 Å². The molecular formula is C20H16ClNO2. The summed E-state index contributed by atoms with van der Waals surface area (Å²) in [5, 5.41) is 1.38. The van der Waals surface area contributed by atoms with Crippen LogP contribution in [0.5, 0.6) is 5.75 Å². The molecule has 0 N–H and O–H groups in total. The fourth-order valence-electron chi connectivity index (χ4n) is 2.42. The Balaban J connectivity index is 1.88. The van der Waals surface area contributed by atoms with E-state index in [-0.39, 0.29) is 5.78 Å². The van der Waals surface area contributed by atoms with E-state index in [0.29, 0.717) is 16.5 Å². The molecule has 0 atom stereocenters. The quantitative estimate of drug-likeness (QED) is 0.377. The van der Waals surface area contributed by atoms with Crippen LogP contribution in [0.4, 0.5) is 0 Å². The average Bonchev–Trinajstić information content (AvgIpc) is 2.60. The number of rotatable bonds is 4. The van der Waals surface area contributed by atoms with Gasteiger partial charge in [-0.3, -0.25) is 4.79 Å². The van der Waals surface area contributed by atoms with Gasteiger partial charge in [0.25, 0.3) is 0 Å². The summed E-state index contributed by atoms with van der Waals surface area (Å²) in [5.74, 6) is 0.616. The smallest absolute Gasteiger partial charge is 0.185 e. The first-order chi connectivity index (χ1) is 11.6. The number of hydrogen-bond acceptors (Lipinski definition) is 3. The van der Waals surface area contributed by atoms with E-state index in [0.717, 1.165) is 22.0 Å². The highest BCUT2D eigenvalue weighted by atomic mass is 35.5. The highest BCUT2D eigenvalue weighted by Gasteiger charge is 2.05. The molecule has 0 amide bonds. The normalized spacial score (nSPS) is 11.1. The zero-order chi connectivity index (χ0) is 17.1. The van der Waals surface area contributed by atoms with Gasteiger partial charge >= 0.3 is 0 Å². The van der Waals surface area contributed by atoms with Crippen molar-refractivity contribution in [3.8, 4) is 5.75 Å². The minimum absolute atomic E-state index is 0.0990. The van der Waals surface area contributed by atoms with E-state index >= 15 is 0 Å². The summed E-state index contributed by atoms with van der Waals surface area (Å²) >= 11 is 6.22. The molecule has 120 valence electrons. The van der Waals surface area contributed by atoms with Crippen LogP contribution in [0.2, 0.25) is 5.15 Å². The van der Waals surface area contributed by atoms with Crippen LogP contribution in [0.25, 0.3) is 17.0 Å². The maximum atomic E-state index is 12.3. The van der Waals surface area contributed by atoms with Gasteiger partial charge in [0.05, 0.1) is 12.6 Å². The first-order valence-corrected chi connectivity index (χ1v) is 7.88. The molecule has 3 aromatic rings. The molecular weight excluding hydrogens is 322 g/mol. The van der Waals surface area contributed by atoms with Crippen molar-refractivity contribution in [3.63, 3.8) is 0 Å². The third-order valence-corrected chi connectivity index (χ3v) is 4.04. The van der Waals surface area contributed by atoms with E-state index in [2.05, 4.69) is 4.98 Å². The number of carbonyl (C=O) groups is 1. The van der Waals surface area contributed by atoms with Gasteiger partial charge in [0.1, 0.15) is 10.9 Å². The number of aromatic nitrogens is 1. The van der Waals surface area contributed by atoms with Crippen molar-refractivity contribution in [3.05, 3.63) is 76.5 Å². The van der Waals surface area contributed by atoms with Gasteiger partial charge in [0.15, 0.2) is 5.78 Å². The van der Waals surface area contributed by atoms with Gasteiger partial charge in [-0.1, -0.05) is 23.2 Å². The number of fused-ring (bicyclic) bond motifs is 1. The zero-order valence-corrected chi connectivity index (χ0v) is 14.2. The highest BCUT2D eigenvalue weighted by Crippen LogP contribution is 2.23. The molecule has 2 aromatic carbocycles. The van der Waals surface area contributed by atoms with Crippen molar-refractivity contribution in [1.82, 2.24) is 4.98 Å². The Bertz CT molecular complexity index is 930. The largest absolute Gasteiger partial charge is 0.497 e. The summed E-state index contributed by atoms with van der Waals surface area (Å²) in [7, 11) is 1.59. The van der Waals surface area contributed by atoms with Crippen LogP contribution in [0, 0.1) is 6.92 Å². The van der Waals surface area contributed by atoms with Gasteiger partial charge in [-0.05, 0) is 61.5 Å². The Morgan fingerprint density at radius 2 is 1.88 bits per heavy atom. The lowest BCUT2D eigenvalue weighted by atomic mass is 10.1. The van der Waals surface area contributed by atoms with E-state index in [9.17, 15) is 4.79 Å². The molecule has 1 heterocycles. The van der Waals surface area contributed by atoms with Crippen LogP contribution >= 0.6 is 11.6 Å². The molecule has 0 saturated heterocycles. The molecule has 0 bridgehead atoms. The number of ketones is 1. The van der Waals surface area contributed by atoms with E-state index in [1.807, 2.05) is 31.2 Å². The Labute approximate surface area is 145 Å². The summed E-state index contributed by atoms with van der Waals surface area (Å²) in [6.07, 6.45) is 3.20. The summed E-state index contributed by atoms with van der Waals surface area (Å²) < 4.78 is 5.09. The van der Waals surface area contributed by atoms with Crippen LogP contribution in [0.3, 0.4) is 0 Å². The first kappa shape index (κ1) is 16.2. The summed E-state index contributed by atoms with van der Waals surface area (Å²) in [6.45, 7) is 2.02. The molecule has 0 radical (unpaired) electrons.